The summed E-state index contributed by atoms with van der Waals surface area (Å²) in [5.74, 6) is -0.275. The number of rotatable bonds is 1. The van der Waals surface area contributed by atoms with Gasteiger partial charge in [-0.1, -0.05) is 0 Å². The second-order valence-electron chi connectivity index (χ2n) is 3.85. The Balaban J connectivity index is 2.26. The second kappa shape index (κ2) is 4.34. The first-order valence-electron chi connectivity index (χ1n) is 5.30. The number of aromatic amines is 2. The smallest absolute Gasteiger partial charge is 0.326 e. The zero-order valence-corrected chi connectivity index (χ0v) is 8.78. The van der Waals surface area contributed by atoms with Gasteiger partial charge in [0.15, 0.2) is 0 Å². The normalized spacial score (nSPS) is 16.1. The molecule has 1 amide bonds. The fourth-order valence-electron chi connectivity index (χ4n) is 1.85. The van der Waals surface area contributed by atoms with Crippen molar-refractivity contribution in [1.29, 1.82) is 0 Å². The molecule has 0 atom stereocenters. The molecule has 1 fully saturated rings. The average Bonchev–Trinajstić information content (AvgIpc) is 2.28. The van der Waals surface area contributed by atoms with Gasteiger partial charge in [-0.25, -0.2) is 4.79 Å². The first-order chi connectivity index (χ1) is 7.66. The summed E-state index contributed by atoms with van der Waals surface area (Å²) in [4.78, 5) is 40.0. The molecule has 0 aromatic carbocycles. The number of H-pyrrole nitrogens is 2. The summed E-state index contributed by atoms with van der Waals surface area (Å²) >= 11 is 0. The van der Waals surface area contributed by atoms with Crippen LogP contribution in [0.2, 0.25) is 0 Å². The van der Waals surface area contributed by atoms with Gasteiger partial charge in [-0.15, -0.1) is 0 Å². The highest BCUT2D eigenvalue weighted by atomic mass is 16.2. The van der Waals surface area contributed by atoms with E-state index in [2.05, 4.69) is 4.98 Å². The van der Waals surface area contributed by atoms with Crippen molar-refractivity contribution in [1.82, 2.24) is 14.9 Å². The van der Waals surface area contributed by atoms with Gasteiger partial charge in [0.05, 0.1) is 0 Å². The minimum absolute atomic E-state index is 0.0654. The van der Waals surface area contributed by atoms with Gasteiger partial charge in [-0.3, -0.25) is 14.6 Å². The molecule has 2 N–H and O–H groups in total. The van der Waals surface area contributed by atoms with Crippen LogP contribution in [0.1, 0.15) is 29.8 Å². The molecule has 6 heteroatoms. The summed E-state index contributed by atoms with van der Waals surface area (Å²) in [5, 5.41) is 0. The van der Waals surface area contributed by atoms with E-state index in [9.17, 15) is 14.4 Å². The number of nitrogens with one attached hydrogen (secondary N) is 2. The van der Waals surface area contributed by atoms with Gasteiger partial charge in [0.1, 0.15) is 5.69 Å². The van der Waals surface area contributed by atoms with E-state index in [1.807, 2.05) is 4.98 Å². The van der Waals surface area contributed by atoms with Crippen LogP contribution in [0.25, 0.3) is 0 Å². The van der Waals surface area contributed by atoms with Gasteiger partial charge >= 0.3 is 5.69 Å². The van der Waals surface area contributed by atoms with E-state index in [0.717, 1.165) is 25.3 Å². The summed E-state index contributed by atoms with van der Waals surface area (Å²) in [7, 11) is 0. The van der Waals surface area contributed by atoms with Crippen molar-refractivity contribution in [3.05, 3.63) is 32.6 Å². The predicted octanol–water partition coefficient (Wildman–Crippen LogP) is -0.311. The van der Waals surface area contributed by atoms with E-state index in [0.29, 0.717) is 13.1 Å². The van der Waals surface area contributed by atoms with Crippen LogP contribution in [-0.4, -0.2) is 33.9 Å². The van der Waals surface area contributed by atoms with E-state index in [4.69, 9.17) is 0 Å². The topological polar surface area (TPSA) is 86.0 Å². The summed E-state index contributed by atoms with van der Waals surface area (Å²) in [5.41, 5.74) is -1.13. The first kappa shape index (κ1) is 10.7. The molecule has 1 aromatic heterocycles. The Morgan fingerprint density at radius 2 is 1.81 bits per heavy atom. The van der Waals surface area contributed by atoms with Crippen LogP contribution >= 0.6 is 0 Å². The number of nitrogens with zero attached hydrogens (tertiary/aromatic N) is 1. The van der Waals surface area contributed by atoms with Gasteiger partial charge in [0.2, 0.25) is 0 Å². The van der Waals surface area contributed by atoms with Crippen LogP contribution < -0.4 is 11.2 Å². The Labute approximate surface area is 91.3 Å². The molecule has 0 aliphatic carbocycles. The maximum atomic E-state index is 11.9. The maximum absolute atomic E-state index is 11.9. The Bertz CT molecular complexity index is 468. The molecule has 0 unspecified atom stereocenters. The molecule has 16 heavy (non-hydrogen) atoms. The number of amides is 1. The molecule has 1 aliphatic rings. The highest BCUT2D eigenvalue weighted by molar-refractivity contribution is 5.92. The number of hydrogen-bond acceptors (Lipinski definition) is 3. The van der Waals surface area contributed by atoms with Gasteiger partial charge in [-0.2, -0.15) is 0 Å². The van der Waals surface area contributed by atoms with Crippen LogP contribution in [0.15, 0.2) is 15.7 Å². The van der Waals surface area contributed by atoms with Crippen molar-refractivity contribution in [2.24, 2.45) is 0 Å². The minimum atomic E-state index is -0.646. The lowest BCUT2D eigenvalue weighted by atomic mass is 10.1. The molecule has 1 aliphatic heterocycles. The van der Waals surface area contributed by atoms with E-state index in [-0.39, 0.29) is 11.6 Å². The van der Waals surface area contributed by atoms with Crippen LogP contribution in [0, 0.1) is 0 Å². The van der Waals surface area contributed by atoms with Gasteiger partial charge in [0.25, 0.3) is 11.5 Å². The third-order valence-corrected chi connectivity index (χ3v) is 2.63. The van der Waals surface area contributed by atoms with Crippen molar-refractivity contribution >= 4 is 5.91 Å². The fourth-order valence-corrected chi connectivity index (χ4v) is 1.85. The number of aromatic nitrogens is 2. The molecule has 0 bridgehead atoms. The van der Waals surface area contributed by atoms with Crippen LogP contribution in [0.5, 0.6) is 0 Å². The maximum Gasteiger partial charge on any atom is 0.326 e. The van der Waals surface area contributed by atoms with E-state index in [1.165, 1.54) is 0 Å². The third kappa shape index (κ3) is 2.21. The molecule has 0 spiro atoms. The van der Waals surface area contributed by atoms with Crippen molar-refractivity contribution in [3.63, 3.8) is 0 Å². The van der Waals surface area contributed by atoms with Crippen LogP contribution in [-0.2, 0) is 0 Å². The van der Waals surface area contributed by atoms with Crippen molar-refractivity contribution in [2.45, 2.75) is 19.3 Å². The van der Waals surface area contributed by atoms with E-state index >= 15 is 0 Å². The number of carbonyl (C=O) groups is 1. The lowest BCUT2D eigenvalue weighted by molar-refractivity contribution is 0.0717. The van der Waals surface area contributed by atoms with Crippen molar-refractivity contribution < 1.29 is 4.79 Å². The monoisotopic (exact) mass is 223 g/mol. The molecular weight excluding hydrogens is 210 g/mol. The number of likely N-dealkylation sites (tertiary alicyclic amines) is 1. The zero-order valence-electron chi connectivity index (χ0n) is 8.78. The third-order valence-electron chi connectivity index (χ3n) is 2.63. The van der Waals surface area contributed by atoms with Gasteiger partial charge < -0.3 is 9.88 Å². The molecule has 2 rings (SSSR count). The molecule has 2 heterocycles. The van der Waals surface area contributed by atoms with Gasteiger partial charge in [0, 0.05) is 19.2 Å². The zero-order chi connectivity index (χ0) is 11.5. The SMILES string of the molecule is O=C(c1cc(=O)[nH]c(=O)[nH]1)N1CCCCC1. The average molecular weight is 223 g/mol. The number of hydrogen-bond donors (Lipinski definition) is 2. The summed E-state index contributed by atoms with van der Waals surface area (Å²) in [6, 6.07) is 1.12. The molecule has 1 aromatic rings. The van der Waals surface area contributed by atoms with E-state index in [1.54, 1.807) is 4.90 Å². The summed E-state index contributed by atoms with van der Waals surface area (Å²) < 4.78 is 0. The second-order valence-corrected chi connectivity index (χ2v) is 3.85. The number of carbonyl (C=O) groups excluding carboxylic acids is 1. The Hall–Kier alpha value is -1.85. The summed E-state index contributed by atoms with van der Waals surface area (Å²) in [6.07, 6.45) is 3.06. The standard InChI is InChI=1S/C10H13N3O3/c14-8-6-7(11-10(16)12-8)9(15)13-4-2-1-3-5-13/h6H,1-5H2,(H2,11,12,14,16). The Morgan fingerprint density at radius 3 is 2.44 bits per heavy atom. The molecule has 1 saturated heterocycles. The number of piperidine rings is 1. The first-order valence-corrected chi connectivity index (χ1v) is 5.30. The minimum Gasteiger partial charge on any atom is -0.337 e. The quantitative estimate of drug-likeness (QED) is 0.684. The van der Waals surface area contributed by atoms with Crippen LogP contribution in [0.4, 0.5) is 0 Å². The lowest BCUT2D eigenvalue weighted by Crippen LogP contribution is -2.38. The predicted molar refractivity (Wildman–Crippen MR) is 57.4 cm³/mol. The Kier molecular flexibility index (Phi) is 2.89. The van der Waals surface area contributed by atoms with Crippen molar-refractivity contribution in [3.8, 4) is 0 Å². The molecule has 0 saturated carbocycles. The summed E-state index contributed by atoms with van der Waals surface area (Å²) in [6.45, 7) is 1.38. The molecule has 6 nitrogen and oxygen atoms in total. The lowest BCUT2D eigenvalue weighted by Gasteiger charge is -2.26. The molecular formula is C10H13N3O3. The van der Waals surface area contributed by atoms with E-state index < -0.39 is 11.2 Å². The highest BCUT2D eigenvalue weighted by Gasteiger charge is 2.19. The highest BCUT2D eigenvalue weighted by Crippen LogP contribution is 2.10. The molecule has 86 valence electrons. The largest absolute Gasteiger partial charge is 0.337 e. The van der Waals surface area contributed by atoms with Crippen LogP contribution in [0.3, 0.4) is 0 Å². The molecule has 0 radical (unpaired) electrons. The Morgan fingerprint density at radius 1 is 1.12 bits per heavy atom. The van der Waals surface area contributed by atoms with Gasteiger partial charge in [-0.05, 0) is 19.3 Å². The fraction of sp³-hybridized carbons (Fsp3) is 0.500. The van der Waals surface area contributed by atoms with Crippen molar-refractivity contribution in [2.75, 3.05) is 13.1 Å².